The van der Waals surface area contributed by atoms with Gasteiger partial charge in [0.15, 0.2) is 0 Å². The fourth-order valence-electron chi connectivity index (χ4n) is 1.44. The molecule has 0 saturated heterocycles. The van der Waals surface area contributed by atoms with Crippen molar-refractivity contribution in [1.82, 2.24) is 4.98 Å². The number of pyridine rings is 1. The van der Waals surface area contributed by atoms with E-state index >= 15 is 0 Å². The second-order valence-corrected chi connectivity index (χ2v) is 3.67. The quantitative estimate of drug-likeness (QED) is 0.733. The van der Waals surface area contributed by atoms with E-state index in [2.05, 4.69) is 4.98 Å². The minimum absolute atomic E-state index is 0.107. The van der Waals surface area contributed by atoms with E-state index in [-0.39, 0.29) is 5.56 Å². The van der Waals surface area contributed by atoms with Gasteiger partial charge in [0.25, 0.3) is 0 Å². The van der Waals surface area contributed by atoms with E-state index in [1.54, 1.807) is 12.1 Å². The van der Waals surface area contributed by atoms with E-state index in [4.69, 9.17) is 11.6 Å². The van der Waals surface area contributed by atoms with Crippen LogP contribution in [-0.2, 0) is 0 Å². The summed E-state index contributed by atoms with van der Waals surface area (Å²) in [6, 6.07) is 6.25. The molecule has 0 aliphatic carbocycles. The molecule has 0 fully saturated rings. The third kappa shape index (κ3) is 1.78. The highest BCUT2D eigenvalue weighted by molar-refractivity contribution is 6.35. The molecule has 1 aromatic carbocycles. The van der Waals surface area contributed by atoms with Gasteiger partial charge in [0.2, 0.25) is 0 Å². The summed E-state index contributed by atoms with van der Waals surface area (Å²) in [7, 11) is 0. The SMILES string of the molecule is Cc1cc(Cl)c2cc(C(=O)[O-])ccc2n1. The summed E-state index contributed by atoms with van der Waals surface area (Å²) >= 11 is 5.99. The maximum atomic E-state index is 10.6. The van der Waals surface area contributed by atoms with Crippen LogP contribution in [0.3, 0.4) is 0 Å². The van der Waals surface area contributed by atoms with Crippen LogP contribution in [0.4, 0.5) is 0 Å². The third-order valence-corrected chi connectivity index (χ3v) is 2.43. The van der Waals surface area contributed by atoms with Gasteiger partial charge in [0.05, 0.1) is 16.5 Å². The number of benzene rings is 1. The number of aryl methyl sites for hydroxylation is 1. The zero-order chi connectivity index (χ0) is 11.0. The molecule has 0 bridgehead atoms. The molecule has 15 heavy (non-hydrogen) atoms. The maximum Gasteiger partial charge on any atom is 0.0720 e. The topological polar surface area (TPSA) is 53.0 Å². The number of carbonyl (C=O) groups excluding carboxylic acids is 1. The lowest BCUT2D eigenvalue weighted by atomic mass is 10.1. The van der Waals surface area contributed by atoms with E-state index in [0.29, 0.717) is 15.9 Å². The molecule has 0 saturated carbocycles. The molecule has 2 aromatic rings. The van der Waals surface area contributed by atoms with Crippen LogP contribution in [0.1, 0.15) is 16.1 Å². The summed E-state index contributed by atoms with van der Waals surface area (Å²) in [5, 5.41) is 11.8. The Bertz CT molecular complexity index is 552. The molecule has 0 unspecified atom stereocenters. The maximum absolute atomic E-state index is 10.6. The first-order valence-corrected chi connectivity index (χ1v) is 4.74. The number of hydrogen-bond donors (Lipinski definition) is 0. The highest BCUT2D eigenvalue weighted by atomic mass is 35.5. The number of rotatable bonds is 1. The van der Waals surface area contributed by atoms with Crippen molar-refractivity contribution in [2.45, 2.75) is 6.92 Å². The Morgan fingerprint density at radius 2 is 2.13 bits per heavy atom. The van der Waals surface area contributed by atoms with Gasteiger partial charge >= 0.3 is 0 Å². The number of carbonyl (C=O) groups is 1. The Morgan fingerprint density at radius 3 is 2.80 bits per heavy atom. The monoisotopic (exact) mass is 220 g/mol. The highest BCUT2D eigenvalue weighted by Gasteiger charge is 2.03. The largest absolute Gasteiger partial charge is 0.545 e. The summed E-state index contributed by atoms with van der Waals surface area (Å²) in [5.41, 5.74) is 1.59. The van der Waals surface area contributed by atoms with Crippen LogP contribution in [-0.4, -0.2) is 11.0 Å². The zero-order valence-corrected chi connectivity index (χ0v) is 8.71. The molecular weight excluding hydrogens is 214 g/mol. The summed E-state index contributed by atoms with van der Waals surface area (Å²) in [5.74, 6) is -1.21. The molecule has 0 radical (unpaired) electrons. The molecule has 0 aliphatic heterocycles. The fourth-order valence-corrected chi connectivity index (χ4v) is 1.74. The van der Waals surface area contributed by atoms with Crippen LogP contribution in [0.25, 0.3) is 10.9 Å². The van der Waals surface area contributed by atoms with Gasteiger partial charge < -0.3 is 9.90 Å². The Labute approximate surface area is 91.3 Å². The van der Waals surface area contributed by atoms with Gasteiger partial charge in [0, 0.05) is 11.1 Å². The molecule has 2 rings (SSSR count). The van der Waals surface area contributed by atoms with Crippen molar-refractivity contribution in [2.24, 2.45) is 0 Å². The van der Waals surface area contributed by atoms with Crippen molar-refractivity contribution < 1.29 is 9.90 Å². The molecule has 0 amide bonds. The number of fused-ring (bicyclic) bond motifs is 1. The van der Waals surface area contributed by atoms with Gasteiger partial charge in [-0.25, -0.2) is 0 Å². The van der Waals surface area contributed by atoms with Crippen molar-refractivity contribution in [3.8, 4) is 0 Å². The van der Waals surface area contributed by atoms with Crippen molar-refractivity contribution in [3.05, 3.63) is 40.5 Å². The van der Waals surface area contributed by atoms with Crippen molar-refractivity contribution in [3.63, 3.8) is 0 Å². The lowest BCUT2D eigenvalue weighted by Crippen LogP contribution is -2.22. The van der Waals surface area contributed by atoms with Gasteiger partial charge in [-0.3, -0.25) is 4.98 Å². The summed E-state index contributed by atoms with van der Waals surface area (Å²) in [6.07, 6.45) is 0. The number of nitrogens with zero attached hydrogens (tertiary/aromatic N) is 1. The van der Waals surface area contributed by atoms with Gasteiger partial charge in [-0.15, -0.1) is 0 Å². The molecule has 0 spiro atoms. The third-order valence-electron chi connectivity index (χ3n) is 2.12. The van der Waals surface area contributed by atoms with Crippen LogP contribution in [0.2, 0.25) is 5.02 Å². The smallest absolute Gasteiger partial charge is 0.0720 e. The second-order valence-electron chi connectivity index (χ2n) is 3.26. The average molecular weight is 221 g/mol. The van der Waals surface area contributed by atoms with Crippen LogP contribution in [0, 0.1) is 6.92 Å². The number of aromatic carboxylic acids is 1. The van der Waals surface area contributed by atoms with E-state index in [1.807, 2.05) is 6.92 Å². The Hall–Kier alpha value is -1.61. The molecule has 0 N–H and O–H groups in total. The summed E-state index contributed by atoms with van der Waals surface area (Å²) in [4.78, 5) is 14.9. The number of carboxylic acids is 1. The lowest BCUT2D eigenvalue weighted by Gasteiger charge is -2.06. The van der Waals surface area contributed by atoms with E-state index in [9.17, 15) is 9.90 Å². The summed E-state index contributed by atoms with van der Waals surface area (Å²) < 4.78 is 0. The normalized spacial score (nSPS) is 10.5. The number of hydrogen-bond acceptors (Lipinski definition) is 3. The Balaban J connectivity index is 2.76. The Morgan fingerprint density at radius 1 is 1.40 bits per heavy atom. The predicted molar refractivity (Wildman–Crippen MR) is 55.8 cm³/mol. The molecule has 4 heteroatoms. The standard InChI is InChI=1S/C11H8ClNO2/c1-6-4-9(12)8-5-7(11(14)15)2-3-10(8)13-6/h2-5H,1H3,(H,14,15)/p-1. The first-order valence-electron chi connectivity index (χ1n) is 4.36. The average Bonchev–Trinajstić information content (AvgIpc) is 2.16. The predicted octanol–water partition coefficient (Wildman–Crippen LogP) is 1.56. The summed E-state index contributed by atoms with van der Waals surface area (Å²) in [6.45, 7) is 1.83. The minimum Gasteiger partial charge on any atom is -0.545 e. The Kier molecular flexibility index (Phi) is 2.32. The minimum atomic E-state index is -1.21. The molecule has 3 nitrogen and oxygen atoms in total. The van der Waals surface area contributed by atoms with Gasteiger partial charge in [-0.1, -0.05) is 17.7 Å². The molecule has 0 atom stereocenters. The number of aromatic nitrogens is 1. The van der Waals surface area contributed by atoms with E-state index < -0.39 is 5.97 Å². The first-order chi connectivity index (χ1) is 7.08. The van der Waals surface area contributed by atoms with E-state index in [0.717, 1.165) is 5.69 Å². The molecule has 1 aromatic heterocycles. The van der Waals surface area contributed by atoms with Crippen molar-refractivity contribution in [1.29, 1.82) is 0 Å². The first kappa shape index (κ1) is 9.93. The van der Waals surface area contributed by atoms with Crippen molar-refractivity contribution >= 4 is 28.5 Å². The number of carboxylic acid groups (broad SMARTS) is 1. The van der Waals surface area contributed by atoms with Crippen LogP contribution in [0.15, 0.2) is 24.3 Å². The van der Waals surface area contributed by atoms with Crippen LogP contribution in [0.5, 0.6) is 0 Å². The van der Waals surface area contributed by atoms with Crippen LogP contribution < -0.4 is 5.11 Å². The van der Waals surface area contributed by atoms with Gasteiger partial charge in [0.1, 0.15) is 0 Å². The number of halogens is 1. The molecule has 76 valence electrons. The van der Waals surface area contributed by atoms with Gasteiger partial charge in [-0.2, -0.15) is 0 Å². The van der Waals surface area contributed by atoms with E-state index in [1.165, 1.54) is 12.1 Å². The van der Waals surface area contributed by atoms with Crippen LogP contribution >= 0.6 is 11.6 Å². The molecular formula is C11H7ClNO2-. The zero-order valence-electron chi connectivity index (χ0n) is 7.95. The lowest BCUT2D eigenvalue weighted by molar-refractivity contribution is -0.255. The fraction of sp³-hybridized carbons (Fsp3) is 0.0909. The van der Waals surface area contributed by atoms with Crippen molar-refractivity contribution in [2.75, 3.05) is 0 Å². The molecule has 0 aliphatic rings. The van der Waals surface area contributed by atoms with Gasteiger partial charge in [-0.05, 0) is 30.7 Å². The second kappa shape index (κ2) is 3.51. The molecule has 1 heterocycles. The highest BCUT2D eigenvalue weighted by Crippen LogP contribution is 2.23.